The van der Waals surface area contributed by atoms with Gasteiger partial charge in [0, 0.05) is 6.20 Å². The minimum atomic E-state index is -0.501. The van der Waals surface area contributed by atoms with Crippen LogP contribution in [0.15, 0.2) is 48.2 Å². The molecular formula is C17H19NO4. The van der Waals surface area contributed by atoms with E-state index in [1.54, 1.807) is 19.1 Å². The standard InChI is InChI=1S/C17H19NO4/c1-4-22-17(20)18-11-14(16(19)21-3)9-10-15(18)13-7-5-12(2)6-8-13/h5-11,15H,4H2,1-3H3. The van der Waals surface area contributed by atoms with Crippen molar-refractivity contribution in [3.8, 4) is 0 Å². The molecule has 116 valence electrons. The van der Waals surface area contributed by atoms with Gasteiger partial charge in [-0.3, -0.25) is 4.90 Å². The van der Waals surface area contributed by atoms with Crippen LogP contribution in [0.3, 0.4) is 0 Å². The van der Waals surface area contributed by atoms with Crippen molar-refractivity contribution < 1.29 is 19.1 Å². The van der Waals surface area contributed by atoms with Crippen molar-refractivity contribution in [2.75, 3.05) is 13.7 Å². The average molecular weight is 301 g/mol. The molecule has 5 heteroatoms. The Bertz CT molecular complexity index is 616. The summed E-state index contributed by atoms with van der Waals surface area (Å²) in [7, 11) is 1.30. The zero-order valence-corrected chi connectivity index (χ0v) is 12.9. The Labute approximate surface area is 129 Å². The smallest absolute Gasteiger partial charge is 0.414 e. The zero-order valence-electron chi connectivity index (χ0n) is 12.9. The highest BCUT2D eigenvalue weighted by Gasteiger charge is 2.27. The topological polar surface area (TPSA) is 55.8 Å². The number of carbonyl (C=O) groups is 2. The summed E-state index contributed by atoms with van der Waals surface area (Å²) in [6.07, 6.45) is 4.41. The van der Waals surface area contributed by atoms with Crippen LogP contribution in [-0.4, -0.2) is 30.7 Å². The molecule has 0 saturated heterocycles. The van der Waals surface area contributed by atoms with Crippen molar-refractivity contribution in [1.29, 1.82) is 0 Å². The van der Waals surface area contributed by atoms with Gasteiger partial charge in [-0.05, 0) is 25.5 Å². The largest absolute Gasteiger partial charge is 0.465 e. The van der Waals surface area contributed by atoms with Crippen LogP contribution in [-0.2, 0) is 14.3 Å². The molecule has 22 heavy (non-hydrogen) atoms. The molecule has 1 unspecified atom stereocenters. The molecule has 0 N–H and O–H groups in total. The second kappa shape index (κ2) is 6.93. The Kier molecular flexibility index (Phi) is 4.99. The first-order valence-electron chi connectivity index (χ1n) is 7.06. The lowest BCUT2D eigenvalue weighted by Gasteiger charge is -2.29. The second-order valence-electron chi connectivity index (χ2n) is 4.90. The van der Waals surface area contributed by atoms with Crippen LogP contribution >= 0.6 is 0 Å². The van der Waals surface area contributed by atoms with Crippen LogP contribution in [0.1, 0.15) is 24.1 Å². The number of aryl methyl sites for hydroxylation is 1. The number of rotatable bonds is 3. The molecule has 1 amide bonds. The first-order valence-corrected chi connectivity index (χ1v) is 7.06. The summed E-state index contributed by atoms with van der Waals surface area (Å²) < 4.78 is 9.77. The number of benzene rings is 1. The normalized spacial score (nSPS) is 17.0. The van der Waals surface area contributed by atoms with Gasteiger partial charge < -0.3 is 9.47 Å². The summed E-state index contributed by atoms with van der Waals surface area (Å²) >= 11 is 0. The third-order valence-corrected chi connectivity index (χ3v) is 3.35. The SMILES string of the molecule is CCOC(=O)N1C=C(C(=O)OC)C=CC1c1ccc(C)cc1. The lowest BCUT2D eigenvalue weighted by atomic mass is 10.0. The van der Waals surface area contributed by atoms with Gasteiger partial charge in [-0.15, -0.1) is 0 Å². The summed E-state index contributed by atoms with van der Waals surface area (Å²) in [4.78, 5) is 25.2. The van der Waals surface area contributed by atoms with E-state index in [1.807, 2.05) is 31.2 Å². The van der Waals surface area contributed by atoms with Gasteiger partial charge in [-0.25, -0.2) is 9.59 Å². The molecule has 1 aliphatic rings. The monoisotopic (exact) mass is 301 g/mol. The van der Waals surface area contributed by atoms with E-state index in [-0.39, 0.29) is 12.6 Å². The molecule has 2 rings (SSSR count). The van der Waals surface area contributed by atoms with Crippen molar-refractivity contribution in [3.63, 3.8) is 0 Å². The summed E-state index contributed by atoms with van der Waals surface area (Å²) in [6, 6.07) is 7.55. The highest BCUT2D eigenvalue weighted by atomic mass is 16.6. The van der Waals surface area contributed by atoms with Gasteiger partial charge in [0.15, 0.2) is 0 Å². The minimum Gasteiger partial charge on any atom is -0.465 e. The van der Waals surface area contributed by atoms with Crippen LogP contribution in [0.2, 0.25) is 0 Å². The van der Waals surface area contributed by atoms with Gasteiger partial charge >= 0.3 is 12.1 Å². The number of carbonyl (C=O) groups excluding carboxylic acids is 2. The van der Waals surface area contributed by atoms with Gasteiger partial charge in [-0.1, -0.05) is 35.9 Å². The van der Waals surface area contributed by atoms with Crippen LogP contribution < -0.4 is 0 Å². The predicted molar refractivity (Wildman–Crippen MR) is 82.0 cm³/mol. The average Bonchev–Trinajstić information content (AvgIpc) is 2.54. The summed E-state index contributed by atoms with van der Waals surface area (Å²) in [6.45, 7) is 4.00. The van der Waals surface area contributed by atoms with Crippen LogP contribution in [0.4, 0.5) is 4.79 Å². The van der Waals surface area contributed by atoms with E-state index in [9.17, 15) is 9.59 Å². The lowest BCUT2D eigenvalue weighted by Crippen LogP contribution is -2.32. The van der Waals surface area contributed by atoms with Crippen molar-refractivity contribution in [1.82, 2.24) is 4.90 Å². The van der Waals surface area contributed by atoms with Gasteiger partial charge in [0.05, 0.1) is 25.3 Å². The summed E-state index contributed by atoms with van der Waals surface area (Å²) in [5.41, 5.74) is 2.38. The van der Waals surface area contributed by atoms with Crippen LogP contribution in [0.5, 0.6) is 0 Å². The highest BCUT2D eigenvalue weighted by Crippen LogP contribution is 2.29. The number of nitrogens with zero attached hydrogens (tertiary/aromatic N) is 1. The van der Waals surface area contributed by atoms with Gasteiger partial charge in [-0.2, -0.15) is 0 Å². The summed E-state index contributed by atoms with van der Waals surface area (Å²) in [5.74, 6) is -0.493. The Balaban J connectivity index is 2.35. The van der Waals surface area contributed by atoms with E-state index in [2.05, 4.69) is 0 Å². The van der Waals surface area contributed by atoms with Crippen LogP contribution in [0.25, 0.3) is 0 Å². The fourth-order valence-electron chi connectivity index (χ4n) is 2.20. The third kappa shape index (κ3) is 3.36. The molecule has 1 aromatic carbocycles. The molecule has 0 spiro atoms. The second-order valence-corrected chi connectivity index (χ2v) is 4.90. The molecular weight excluding hydrogens is 282 g/mol. The number of hydrogen-bond donors (Lipinski definition) is 0. The molecule has 0 bridgehead atoms. The van der Waals surface area contributed by atoms with E-state index in [1.165, 1.54) is 18.2 Å². The first kappa shape index (κ1) is 15.8. The molecule has 1 atom stereocenters. The van der Waals surface area contributed by atoms with Crippen molar-refractivity contribution >= 4 is 12.1 Å². The third-order valence-electron chi connectivity index (χ3n) is 3.35. The molecule has 5 nitrogen and oxygen atoms in total. The number of hydrogen-bond acceptors (Lipinski definition) is 4. The van der Waals surface area contributed by atoms with Gasteiger partial charge in [0.2, 0.25) is 0 Å². The molecule has 0 aromatic heterocycles. The molecule has 1 aliphatic heterocycles. The molecule has 1 heterocycles. The quantitative estimate of drug-likeness (QED) is 0.805. The van der Waals surface area contributed by atoms with Crippen LogP contribution in [0, 0.1) is 6.92 Å². The van der Waals surface area contributed by atoms with E-state index >= 15 is 0 Å². The van der Waals surface area contributed by atoms with E-state index in [4.69, 9.17) is 9.47 Å². The first-order chi connectivity index (χ1) is 10.6. The number of ether oxygens (including phenoxy) is 2. The Morgan fingerprint density at radius 1 is 1.23 bits per heavy atom. The maximum absolute atomic E-state index is 12.2. The number of methoxy groups -OCH3 is 1. The maximum Gasteiger partial charge on any atom is 0.414 e. The molecule has 0 saturated carbocycles. The maximum atomic E-state index is 12.2. The Morgan fingerprint density at radius 3 is 2.50 bits per heavy atom. The predicted octanol–water partition coefficient (Wildman–Crippen LogP) is 3.12. The Hall–Kier alpha value is -2.56. The molecule has 0 fully saturated rings. The lowest BCUT2D eigenvalue weighted by molar-refractivity contribution is -0.135. The van der Waals surface area contributed by atoms with E-state index in [0.29, 0.717) is 5.57 Å². The van der Waals surface area contributed by atoms with Crippen molar-refractivity contribution in [2.24, 2.45) is 0 Å². The highest BCUT2D eigenvalue weighted by molar-refractivity contribution is 5.92. The molecule has 0 aliphatic carbocycles. The summed E-state index contributed by atoms with van der Waals surface area (Å²) in [5, 5.41) is 0. The number of amides is 1. The number of esters is 1. The molecule has 1 aromatic rings. The van der Waals surface area contributed by atoms with Crippen molar-refractivity contribution in [2.45, 2.75) is 19.9 Å². The van der Waals surface area contributed by atoms with Gasteiger partial charge in [0.1, 0.15) is 0 Å². The molecule has 0 radical (unpaired) electrons. The van der Waals surface area contributed by atoms with Crippen molar-refractivity contribution in [3.05, 3.63) is 59.3 Å². The van der Waals surface area contributed by atoms with E-state index in [0.717, 1.165) is 11.1 Å². The minimum absolute atomic E-state index is 0.265. The van der Waals surface area contributed by atoms with Gasteiger partial charge in [0.25, 0.3) is 0 Å². The van der Waals surface area contributed by atoms with E-state index < -0.39 is 12.1 Å². The Morgan fingerprint density at radius 2 is 1.91 bits per heavy atom. The zero-order chi connectivity index (χ0) is 16.1. The fourth-order valence-corrected chi connectivity index (χ4v) is 2.20. The fraction of sp³-hybridized carbons (Fsp3) is 0.294.